The number of rotatable bonds is 7. The number of benzene rings is 3. The highest BCUT2D eigenvalue weighted by atomic mass is 19.2. The molecule has 1 unspecified atom stereocenters. The van der Waals surface area contributed by atoms with Gasteiger partial charge in [-0.1, -0.05) is 37.6 Å². The van der Waals surface area contributed by atoms with Crippen molar-refractivity contribution in [2.45, 2.75) is 89.4 Å². The van der Waals surface area contributed by atoms with Crippen molar-refractivity contribution in [3.63, 3.8) is 0 Å². The van der Waals surface area contributed by atoms with E-state index in [0.717, 1.165) is 44.1 Å². The molecule has 0 aliphatic heterocycles. The van der Waals surface area contributed by atoms with Gasteiger partial charge in [-0.2, -0.15) is 5.26 Å². The van der Waals surface area contributed by atoms with Crippen molar-refractivity contribution in [2.75, 3.05) is 0 Å². The summed E-state index contributed by atoms with van der Waals surface area (Å²) >= 11 is 0. The predicted molar refractivity (Wildman–Crippen MR) is 146 cm³/mol. The smallest absolute Gasteiger partial charge is 0.162 e. The monoisotopic (exact) mass is 533 g/mol. The first-order valence-corrected chi connectivity index (χ1v) is 14.3. The Morgan fingerprint density at radius 1 is 0.795 bits per heavy atom. The molecule has 3 aromatic carbocycles. The summed E-state index contributed by atoms with van der Waals surface area (Å²) in [5.41, 5.74) is 4.21. The molecule has 1 nitrogen and oxygen atoms in total. The highest BCUT2D eigenvalue weighted by Gasteiger charge is 2.31. The Kier molecular flexibility index (Phi) is 8.40. The summed E-state index contributed by atoms with van der Waals surface area (Å²) in [4.78, 5) is 0. The lowest BCUT2D eigenvalue weighted by atomic mass is 9.74. The summed E-state index contributed by atoms with van der Waals surface area (Å²) in [6.45, 7) is 1.94. The van der Waals surface area contributed by atoms with E-state index in [0.29, 0.717) is 60.3 Å². The van der Waals surface area contributed by atoms with Crippen LogP contribution in [-0.4, -0.2) is 0 Å². The Morgan fingerprint density at radius 2 is 1.44 bits per heavy atom. The van der Waals surface area contributed by atoms with Crippen LogP contribution >= 0.6 is 0 Å². The molecule has 1 saturated carbocycles. The highest BCUT2D eigenvalue weighted by molar-refractivity contribution is 5.40. The number of halogens is 4. The number of nitriles is 1. The molecule has 0 radical (unpaired) electrons. The SMILES string of the molecule is CCCc1ccc(CCC2CCc3c(cc(F)c(C4CCC(c5ccc(C#N)cc5)CC4)c3F)C2)c(F)c1F. The Morgan fingerprint density at radius 3 is 2.08 bits per heavy atom. The van der Waals surface area contributed by atoms with Gasteiger partial charge in [-0.15, -0.1) is 0 Å². The molecule has 2 aliphatic carbocycles. The van der Waals surface area contributed by atoms with Crippen LogP contribution in [0.4, 0.5) is 17.6 Å². The minimum Gasteiger partial charge on any atom is -0.207 e. The molecule has 0 saturated heterocycles. The number of aryl methyl sites for hydroxylation is 2. The normalized spacial score (nSPS) is 20.9. The third-order valence-electron chi connectivity index (χ3n) is 8.99. The second-order valence-electron chi connectivity index (χ2n) is 11.4. The highest BCUT2D eigenvalue weighted by Crippen LogP contribution is 2.44. The molecule has 204 valence electrons. The van der Waals surface area contributed by atoms with E-state index in [4.69, 9.17) is 5.26 Å². The van der Waals surface area contributed by atoms with Gasteiger partial charge in [0.05, 0.1) is 11.6 Å². The van der Waals surface area contributed by atoms with Gasteiger partial charge in [-0.25, -0.2) is 17.6 Å². The van der Waals surface area contributed by atoms with E-state index in [1.165, 1.54) is 11.6 Å². The van der Waals surface area contributed by atoms with Crippen LogP contribution < -0.4 is 0 Å². The van der Waals surface area contributed by atoms with E-state index in [9.17, 15) is 8.78 Å². The predicted octanol–water partition coefficient (Wildman–Crippen LogP) is 9.25. The van der Waals surface area contributed by atoms with Crippen LogP contribution in [0.3, 0.4) is 0 Å². The van der Waals surface area contributed by atoms with Gasteiger partial charge < -0.3 is 0 Å². The van der Waals surface area contributed by atoms with Gasteiger partial charge in [-0.05, 0) is 128 Å². The van der Waals surface area contributed by atoms with Crippen LogP contribution in [-0.2, 0) is 25.7 Å². The zero-order valence-electron chi connectivity index (χ0n) is 22.5. The van der Waals surface area contributed by atoms with E-state index in [1.54, 1.807) is 12.1 Å². The van der Waals surface area contributed by atoms with E-state index >= 15 is 8.78 Å². The Hall–Kier alpha value is -3.13. The quantitative estimate of drug-likeness (QED) is 0.278. The maximum Gasteiger partial charge on any atom is 0.162 e. The van der Waals surface area contributed by atoms with Gasteiger partial charge in [0.2, 0.25) is 0 Å². The molecule has 0 spiro atoms. The van der Waals surface area contributed by atoms with Gasteiger partial charge in [0.25, 0.3) is 0 Å². The molecule has 0 heterocycles. The van der Waals surface area contributed by atoms with Crippen LogP contribution in [0.15, 0.2) is 42.5 Å². The molecule has 0 N–H and O–H groups in total. The topological polar surface area (TPSA) is 23.8 Å². The van der Waals surface area contributed by atoms with E-state index in [2.05, 4.69) is 6.07 Å². The van der Waals surface area contributed by atoms with E-state index in [-0.39, 0.29) is 23.2 Å². The first-order valence-electron chi connectivity index (χ1n) is 14.3. The second-order valence-corrected chi connectivity index (χ2v) is 11.4. The maximum absolute atomic E-state index is 15.7. The fourth-order valence-electron chi connectivity index (χ4n) is 6.75. The largest absolute Gasteiger partial charge is 0.207 e. The molecule has 0 amide bonds. The van der Waals surface area contributed by atoms with Gasteiger partial charge in [0, 0.05) is 5.56 Å². The second kappa shape index (κ2) is 11.9. The van der Waals surface area contributed by atoms with Crippen molar-refractivity contribution >= 4 is 0 Å². The molecule has 1 atom stereocenters. The third kappa shape index (κ3) is 5.76. The van der Waals surface area contributed by atoms with Crippen molar-refractivity contribution in [3.8, 4) is 6.07 Å². The molecule has 5 heteroatoms. The Balaban J connectivity index is 1.23. The molecule has 5 rings (SSSR count). The van der Waals surface area contributed by atoms with Crippen molar-refractivity contribution in [2.24, 2.45) is 5.92 Å². The van der Waals surface area contributed by atoms with Gasteiger partial charge in [0.1, 0.15) is 11.6 Å². The summed E-state index contributed by atoms with van der Waals surface area (Å²) < 4.78 is 60.0. The molecule has 1 fully saturated rings. The summed E-state index contributed by atoms with van der Waals surface area (Å²) in [6, 6.07) is 14.7. The lowest BCUT2D eigenvalue weighted by Gasteiger charge is -2.31. The first kappa shape index (κ1) is 27.4. The van der Waals surface area contributed by atoms with Crippen molar-refractivity contribution in [3.05, 3.63) is 105 Å². The average Bonchev–Trinajstić information content (AvgIpc) is 2.95. The summed E-state index contributed by atoms with van der Waals surface area (Å²) in [5, 5.41) is 9.02. The number of hydrogen-bond acceptors (Lipinski definition) is 1. The number of nitrogens with zero attached hydrogens (tertiary/aromatic N) is 1. The Labute approximate surface area is 228 Å². The van der Waals surface area contributed by atoms with E-state index in [1.807, 2.05) is 31.2 Å². The summed E-state index contributed by atoms with van der Waals surface area (Å²) in [6.07, 6.45) is 7.42. The lowest BCUT2D eigenvalue weighted by Crippen LogP contribution is -2.20. The number of hydrogen-bond donors (Lipinski definition) is 0. The van der Waals surface area contributed by atoms with Crippen LogP contribution in [0.2, 0.25) is 0 Å². The lowest BCUT2D eigenvalue weighted by molar-refractivity contribution is 0.369. The third-order valence-corrected chi connectivity index (χ3v) is 8.99. The summed E-state index contributed by atoms with van der Waals surface area (Å²) in [7, 11) is 0. The summed E-state index contributed by atoms with van der Waals surface area (Å²) in [5.74, 6) is -1.92. The molecule has 0 aromatic heterocycles. The van der Waals surface area contributed by atoms with Crippen molar-refractivity contribution < 1.29 is 17.6 Å². The molecule has 3 aromatic rings. The van der Waals surface area contributed by atoms with Gasteiger partial charge >= 0.3 is 0 Å². The first-order chi connectivity index (χ1) is 18.9. The van der Waals surface area contributed by atoms with Crippen LogP contribution in [0.25, 0.3) is 0 Å². The molecular weight excluding hydrogens is 498 g/mol. The molecular formula is C34H35F4N. The zero-order valence-corrected chi connectivity index (χ0v) is 22.5. The van der Waals surface area contributed by atoms with Crippen LogP contribution in [0.1, 0.15) is 103 Å². The van der Waals surface area contributed by atoms with Gasteiger partial charge in [-0.3, -0.25) is 0 Å². The fourth-order valence-corrected chi connectivity index (χ4v) is 6.75. The maximum atomic E-state index is 15.7. The molecule has 39 heavy (non-hydrogen) atoms. The van der Waals surface area contributed by atoms with E-state index < -0.39 is 17.5 Å². The number of fused-ring (bicyclic) bond motifs is 1. The van der Waals surface area contributed by atoms with Crippen LogP contribution in [0, 0.1) is 40.5 Å². The average molecular weight is 534 g/mol. The fraction of sp³-hybridized carbons (Fsp3) is 0.441. The standard InChI is InChI=1S/C34H35F4N/c1-2-3-26-15-16-27(33(37)32(26)36)10-4-21-7-17-29-28(18-21)19-30(35)31(34(29)38)25-13-11-24(12-14-25)23-8-5-22(20-39)6-9-23/h5-6,8-9,15-16,19,21,24-25H,2-4,7,10-14,17-18H2,1H3. The minimum atomic E-state index is -0.757. The molecule has 2 aliphatic rings. The zero-order chi connectivity index (χ0) is 27.5. The van der Waals surface area contributed by atoms with Crippen molar-refractivity contribution in [1.29, 1.82) is 5.26 Å². The Bertz CT molecular complexity index is 1360. The minimum absolute atomic E-state index is 0.129. The van der Waals surface area contributed by atoms with Crippen molar-refractivity contribution in [1.82, 2.24) is 0 Å². The van der Waals surface area contributed by atoms with Gasteiger partial charge in [0.15, 0.2) is 11.6 Å². The van der Waals surface area contributed by atoms with Crippen LogP contribution in [0.5, 0.6) is 0 Å². The molecule has 0 bridgehead atoms.